The molecule has 4 heterocycles. The lowest BCUT2D eigenvalue weighted by atomic mass is 9.75. The van der Waals surface area contributed by atoms with Crippen molar-refractivity contribution in [3.05, 3.63) is 88.3 Å². The van der Waals surface area contributed by atoms with Gasteiger partial charge in [-0.05, 0) is 54.7 Å². The molecule has 2 N–H and O–H groups in total. The number of urea groups is 1. The number of imide groups is 2. The van der Waals surface area contributed by atoms with Crippen LogP contribution in [0.4, 0.5) is 10.5 Å². The van der Waals surface area contributed by atoms with Gasteiger partial charge in [0.1, 0.15) is 5.41 Å². The van der Waals surface area contributed by atoms with E-state index >= 15 is 0 Å². The maximum atomic E-state index is 14.3. The highest BCUT2D eigenvalue weighted by molar-refractivity contribution is 6.30. The number of rotatable bonds is 6. The monoisotopic (exact) mass is 542 g/mol. The SMILES string of the molecule is COc1cc(C[C@]2(CN3C[C@@H]4C[C@@H](C3)c3cccc(=O)n3C4)C(=O)NC(=O)N(c3ccccc3)C2=O)ccc1O. The van der Waals surface area contributed by atoms with E-state index in [0.29, 0.717) is 30.9 Å². The van der Waals surface area contributed by atoms with Crippen molar-refractivity contribution >= 4 is 23.5 Å². The largest absolute Gasteiger partial charge is 0.504 e. The van der Waals surface area contributed by atoms with Gasteiger partial charge in [0.15, 0.2) is 11.5 Å². The lowest BCUT2D eigenvalue weighted by Crippen LogP contribution is -2.68. The second kappa shape index (κ2) is 9.95. The first-order chi connectivity index (χ1) is 19.3. The molecular formula is C30H30N4O6. The summed E-state index contributed by atoms with van der Waals surface area (Å²) in [6, 6.07) is 17.8. The highest BCUT2D eigenvalue weighted by atomic mass is 16.5. The van der Waals surface area contributed by atoms with E-state index in [1.54, 1.807) is 54.6 Å². The number of likely N-dealkylation sites (tertiary alicyclic amines) is 1. The molecule has 0 spiro atoms. The fourth-order valence-electron chi connectivity index (χ4n) is 6.53. The van der Waals surface area contributed by atoms with Crippen LogP contribution >= 0.6 is 0 Å². The lowest BCUT2D eigenvalue weighted by Gasteiger charge is -2.47. The summed E-state index contributed by atoms with van der Waals surface area (Å²) in [5.41, 5.74) is 0.292. The summed E-state index contributed by atoms with van der Waals surface area (Å²) >= 11 is 0. The maximum Gasteiger partial charge on any atom is 0.335 e. The zero-order valence-corrected chi connectivity index (χ0v) is 22.1. The predicted molar refractivity (Wildman–Crippen MR) is 146 cm³/mol. The van der Waals surface area contributed by atoms with Crippen LogP contribution in [0.25, 0.3) is 0 Å². The summed E-state index contributed by atoms with van der Waals surface area (Å²) in [5.74, 6) is -0.826. The van der Waals surface area contributed by atoms with Crippen molar-refractivity contribution in [1.29, 1.82) is 0 Å². The fourth-order valence-corrected chi connectivity index (χ4v) is 6.53. The number of barbiturate groups is 1. The molecule has 10 heteroatoms. The molecule has 4 amide bonds. The number of aromatic nitrogens is 1. The number of carbonyl (C=O) groups excluding carboxylic acids is 3. The normalized spacial score (nSPS) is 24.4. The summed E-state index contributed by atoms with van der Waals surface area (Å²) in [6.45, 7) is 1.85. The molecule has 2 bridgehead atoms. The quantitative estimate of drug-likeness (QED) is 0.459. The first-order valence-electron chi connectivity index (χ1n) is 13.3. The molecule has 2 fully saturated rings. The van der Waals surface area contributed by atoms with Gasteiger partial charge in [0, 0.05) is 43.9 Å². The summed E-state index contributed by atoms with van der Waals surface area (Å²) in [6.07, 6.45) is 0.920. The third-order valence-electron chi connectivity index (χ3n) is 8.28. The minimum absolute atomic E-state index is 0.00714. The van der Waals surface area contributed by atoms with Crippen LogP contribution in [0.5, 0.6) is 11.5 Å². The molecule has 0 radical (unpaired) electrons. The molecule has 0 saturated carbocycles. The number of phenols is 1. The molecule has 3 aliphatic rings. The van der Waals surface area contributed by atoms with Crippen LogP contribution < -0.4 is 20.5 Å². The van der Waals surface area contributed by atoms with E-state index in [-0.39, 0.29) is 41.9 Å². The average molecular weight is 543 g/mol. The molecule has 6 rings (SSSR count). The number of fused-ring (bicyclic) bond motifs is 4. The van der Waals surface area contributed by atoms with Gasteiger partial charge in [-0.1, -0.05) is 30.3 Å². The van der Waals surface area contributed by atoms with Gasteiger partial charge >= 0.3 is 6.03 Å². The van der Waals surface area contributed by atoms with E-state index in [0.717, 1.165) is 17.0 Å². The lowest BCUT2D eigenvalue weighted by molar-refractivity contribution is -0.144. The maximum absolute atomic E-state index is 14.3. The number of carbonyl (C=O) groups is 3. The summed E-state index contributed by atoms with van der Waals surface area (Å²) in [7, 11) is 1.43. The molecule has 0 aliphatic carbocycles. The first kappa shape index (κ1) is 25.8. The summed E-state index contributed by atoms with van der Waals surface area (Å²) in [4.78, 5) is 56.8. The molecule has 3 atom stereocenters. The minimum atomic E-state index is -1.63. The smallest absolute Gasteiger partial charge is 0.335 e. The molecular weight excluding hydrogens is 512 g/mol. The Kier molecular flexibility index (Phi) is 6.42. The second-order valence-corrected chi connectivity index (χ2v) is 10.9. The van der Waals surface area contributed by atoms with Crippen molar-refractivity contribution < 1.29 is 24.2 Å². The number of pyridine rings is 1. The van der Waals surface area contributed by atoms with Crippen molar-refractivity contribution in [2.24, 2.45) is 11.3 Å². The third-order valence-corrected chi connectivity index (χ3v) is 8.28. The molecule has 40 heavy (non-hydrogen) atoms. The standard InChI is InChI=1S/C30H30N4O6/c1-40-25-13-19(10-11-24(25)35)14-30(27(37)31-29(39)34(28(30)38)22-6-3-2-4-7-22)18-32-15-20-12-21(17-32)23-8-5-9-26(36)33(23)16-20/h2-11,13,20-21,35H,12,14-18H2,1H3,(H,31,37,39)/t20-,21-,30-/m0/s1. The van der Waals surface area contributed by atoms with Crippen molar-refractivity contribution in [2.75, 3.05) is 31.6 Å². The van der Waals surface area contributed by atoms with Crippen molar-refractivity contribution in [3.8, 4) is 11.5 Å². The number of nitrogens with zero attached hydrogens (tertiary/aromatic N) is 3. The number of amides is 4. The number of methoxy groups -OCH3 is 1. The number of piperidine rings is 1. The number of benzene rings is 2. The fraction of sp³-hybridized carbons (Fsp3) is 0.333. The van der Waals surface area contributed by atoms with Crippen LogP contribution in [0.3, 0.4) is 0 Å². The number of hydrogen-bond donors (Lipinski definition) is 2. The Balaban J connectivity index is 1.39. The Hall–Kier alpha value is -4.44. The Morgan fingerprint density at radius 2 is 1.77 bits per heavy atom. The van der Waals surface area contributed by atoms with Gasteiger partial charge in [0.05, 0.1) is 12.8 Å². The van der Waals surface area contributed by atoms with Gasteiger partial charge in [-0.2, -0.15) is 0 Å². The van der Waals surface area contributed by atoms with Crippen molar-refractivity contribution in [2.45, 2.75) is 25.3 Å². The number of aromatic hydroxyl groups is 1. The van der Waals surface area contributed by atoms with E-state index in [2.05, 4.69) is 10.2 Å². The first-order valence-corrected chi connectivity index (χ1v) is 13.3. The van der Waals surface area contributed by atoms with Crippen LogP contribution in [0.15, 0.2) is 71.5 Å². The summed E-state index contributed by atoms with van der Waals surface area (Å²) in [5, 5.41) is 12.6. The molecule has 10 nitrogen and oxygen atoms in total. The van der Waals surface area contributed by atoms with E-state index < -0.39 is 23.3 Å². The topological polar surface area (TPSA) is 121 Å². The zero-order valence-electron chi connectivity index (χ0n) is 22.1. The minimum Gasteiger partial charge on any atom is -0.504 e. The van der Waals surface area contributed by atoms with Crippen LogP contribution in [-0.2, 0) is 22.6 Å². The third kappa shape index (κ3) is 4.34. The zero-order chi connectivity index (χ0) is 28.0. The Bertz CT molecular complexity index is 1550. The van der Waals surface area contributed by atoms with Crippen LogP contribution in [0.2, 0.25) is 0 Å². The molecule has 206 valence electrons. The summed E-state index contributed by atoms with van der Waals surface area (Å²) < 4.78 is 7.11. The molecule has 2 saturated heterocycles. The van der Waals surface area contributed by atoms with Gasteiger partial charge in [0.2, 0.25) is 5.91 Å². The van der Waals surface area contributed by atoms with Crippen molar-refractivity contribution in [3.63, 3.8) is 0 Å². The molecule has 0 unspecified atom stereocenters. The Morgan fingerprint density at radius 1 is 0.975 bits per heavy atom. The predicted octanol–water partition coefficient (Wildman–Crippen LogP) is 2.49. The number of nitrogens with one attached hydrogen (secondary N) is 1. The van der Waals surface area contributed by atoms with E-state index in [4.69, 9.17) is 4.74 Å². The highest BCUT2D eigenvalue weighted by Crippen LogP contribution is 2.40. The molecule has 3 aliphatic heterocycles. The Morgan fingerprint density at radius 3 is 2.55 bits per heavy atom. The number of anilines is 1. The van der Waals surface area contributed by atoms with Gasteiger partial charge in [-0.25, -0.2) is 9.69 Å². The Labute approximate surface area is 230 Å². The average Bonchev–Trinajstić information content (AvgIpc) is 2.94. The van der Waals surface area contributed by atoms with Gasteiger partial charge in [-0.3, -0.25) is 19.7 Å². The number of hydrogen-bond acceptors (Lipinski definition) is 7. The highest BCUT2D eigenvalue weighted by Gasteiger charge is 2.55. The number of phenolic OH excluding ortho intramolecular Hbond substituents is 1. The molecule has 3 aromatic rings. The molecule has 1 aromatic heterocycles. The molecule has 2 aromatic carbocycles. The number of para-hydroxylation sites is 1. The van der Waals surface area contributed by atoms with E-state index in [1.807, 2.05) is 10.6 Å². The van der Waals surface area contributed by atoms with Crippen LogP contribution in [0.1, 0.15) is 23.6 Å². The van der Waals surface area contributed by atoms with Gasteiger partial charge in [0.25, 0.3) is 11.5 Å². The van der Waals surface area contributed by atoms with E-state index in [9.17, 15) is 24.3 Å². The van der Waals surface area contributed by atoms with Gasteiger partial charge < -0.3 is 19.3 Å². The van der Waals surface area contributed by atoms with Crippen molar-refractivity contribution in [1.82, 2.24) is 14.8 Å². The van der Waals surface area contributed by atoms with Crippen LogP contribution in [-0.4, -0.2) is 59.2 Å². The van der Waals surface area contributed by atoms with Crippen LogP contribution in [0, 0.1) is 11.3 Å². The second-order valence-electron chi connectivity index (χ2n) is 10.9. The van der Waals surface area contributed by atoms with E-state index in [1.165, 1.54) is 13.2 Å². The number of ether oxygens (including phenoxy) is 1. The van der Waals surface area contributed by atoms with Gasteiger partial charge in [-0.15, -0.1) is 0 Å².